The zero-order valence-electron chi connectivity index (χ0n) is 16.0. The second-order valence-corrected chi connectivity index (χ2v) is 6.85. The molecule has 32 heavy (non-hydrogen) atoms. The van der Waals surface area contributed by atoms with Gasteiger partial charge in [-0.05, 0) is 42.5 Å². The van der Waals surface area contributed by atoms with Crippen molar-refractivity contribution in [3.05, 3.63) is 85.4 Å². The van der Waals surface area contributed by atoms with Crippen molar-refractivity contribution in [3.63, 3.8) is 0 Å². The number of nitrogens with zero attached hydrogens (tertiary/aromatic N) is 2. The van der Waals surface area contributed by atoms with Crippen LogP contribution in [0.3, 0.4) is 0 Å². The molecule has 0 radical (unpaired) electrons. The molecule has 3 N–H and O–H groups in total. The number of aromatic amines is 1. The Bertz CT molecular complexity index is 1360. The van der Waals surface area contributed by atoms with Crippen molar-refractivity contribution in [1.82, 2.24) is 15.0 Å². The third kappa shape index (κ3) is 4.51. The molecule has 0 atom stereocenters. The first-order valence-corrected chi connectivity index (χ1v) is 9.23. The molecule has 3 aromatic rings. The number of nitro groups is 1. The summed E-state index contributed by atoms with van der Waals surface area (Å²) >= 11 is 5.13. The topological polar surface area (TPSA) is 122 Å². The second-order valence-electron chi connectivity index (χ2n) is 6.46. The normalized spacial score (nSPS) is 11.2. The number of aromatic nitrogens is 2. The lowest BCUT2D eigenvalue weighted by Gasteiger charge is -2.12. The van der Waals surface area contributed by atoms with Crippen molar-refractivity contribution < 1.29 is 22.9 Å². The first kappa shape index (κ1) is 22.7. The number of halogens is 3. The van der Waals surface area contributed by atoms with Crippen LogP contribution in [0.2, 0.25) is 0 Å². The van der Waals surface area contributed by atoms with Gasteiger partial charge in [0.2, 0.25) is 0 Å². The smallest absolute Gasteiger partial charge is 0.332 e. The van der Waals surface area contributed by atoms with Gasteiger partial charge in [0, 0.05) is 18.2 Å². The Labute approximate surface area is 182 Å². The van der Waals surface area contributed by atoms with Gasteiger partial charge in [-0.15, -0.1) is 6.58 Å². The SMILES string of the molecule is C=CCn1c(=S)[nH]c2cc(C(=O)NNc3ccc(C(F)(F)F)cc3[N+](=O)[O-])ccc2c1=O. The van der Waals surface area contributed by atoms with E-state index in [4.69, 9.17) is 12.2 Å². The quantitative estimate of drug-likeness (QED) is 0.220. The van der Waals surface area contributed by atoms with Crippen molar-refractivity contribution in [1.29, 1.82) is 0 Å². The first-order valence-electron chi connectivity index (χ1n) is 8.82. The average molecular weight is 465 g/mol. The van der Waals surface area contributed by atoms with Gasteiger partial charge in [-0.3, -0.25) is 35.1 Å². The van der Waals surface area contributed by atoms with Crippen molar-refractivity contribution in [2.75, 3.05) is 5.43 Å². The molecule has 1 heterocycles. The summed E-state index contributed by atoms with van der Waals surface area (Å²) in [6, 6.07) is 5.93. The number of benzene rings is 2. The van der Waals surface area contributed by atoms with Gasteiger partial charge in [0.15, 0.2) is 4.77 Å². The Morgan fingerprint density at radius 1 is 1.28 bits per heavy atom. The van der Waals surface area contributed by atoms with Crippen LogP contribution in [-0.4, -0.2) is 20.4 Å². The number of nitro benzene ring substituents is 1. The zero-order chi connectivity index (χ0) is 23.6. The molecule has 1 amide bonds. The molecule has 1 aromatic heterocycles. The highest BCUT2D eigenvalue weighted by atomic mass is 32.1. The van der Waals surface area contributed by atoms with E-state index in [1.165, 1.54) is 28.8 Å². The summed E-state index contributed by atoms with van der Waals surface area (Å²) in [6.45, 7) is 3.75. The third-order valence-corrected chi connectivity index (χ3v) is 4.71. The molecule has 3 rings (SSSR count). The van der Waals surface area contributed by atoms with Crippen LogP contribution in [0.25, 0.3) is 10.9 Å². The van der Waals surface area contributed by atoms with E-state index in [1.807, 2.05) is 0 Å². The number of H-pyrrole nitrogens is 1. The molecule has 13 heteroatoms. The number of amides is 1. The highest BCUT2D eigenvalue weighted by Gasteiger charge is 2.33. The number of allylic oxidation sites excluding steroid dienone is 1. The molecule has 0 spiro atoms. The molecule has 0 saturated heterocycles. The van der Waals surface area contributed by atoms with E-state index in [-0.39, 0.29) is 39.0 Å². The number of carbonyl (C=O) groups excluding carboxylic acids is 1. The fourth-order valence-electron chi connectivity index (χ4n) is 2.85. The van der Waals surface area contributed by atoms with Crippen LogP contribution in [0.5, 0.6) is 0 Å². The number of hydrogen-bond acceptors (Lipinski definition) is 6. The number of rotatable bonds is 6. The third-order valence-electron chi connectivity index (χ3n) is 4.39. The highest BCUT2D eigenvalue weighted by Crippen LogP contribution is 2.34. The van der Waals surface area contributed by atoms with Gasteiger partial charge in [-0.25, -0.2) is 0 Å². The summed E-state index contributed by atoms with van der Waals surface area (Å²) in [4.78, 5) is 37.9. The monoisotopic (exact) mass is 465 g/mol. The molecule has 0 bridgehead atoms. The predicted octanol–water partition coefficient (Wildman–Crippen LogP) is 3.93. The van der Waals surface area contributed by atoms with Gasteiger partial charge in [0.25, 0.3) is 17.2 Å². The molecule has 0 aliphatic heterocycles. The summed E-state index contributed by atoms with van der Waals surface area (Å²) in [7, 11) is 0. The maximum atomic E-state index is 12.8. The van der Waals surface area contributed by atoms with E-state index >= 15 is 0 Å². The van der Waals surface area contributed by atoms with E-state index in [0.29, 0.717) is 12.1 Å². The fourth-order valence-corrected chi connectivity index (χ4v) is 3.12. The van der Waals surface area contributed by atoms with Crippen LogP contribution in [0.4, 0.5) is 24.5 Å². The van der Waals surface area contributed by atoms with Crippen LogP contribution < -0.4 is 16.4 Å². The molecular formula is C19H14F3N5O4S. The van der Waals surface area contributed by atoms with Gasteiger partial charge >= 0.3 is 6.18 Å². The van der Waals surface area contributed by atoms with E-state index < -0.39 is 28.3 Å². The molecule has 166 valence electrons. The minimum Gasteiger partial charge on any atom is -0.332 e. The van der Waals surface area contributed by atoms with Gasteiger partial charge < -0.3 is 4.98 Å². The van der Waals surface area contributed by atoms with Crippen molar-refractivity contribution in [2.24, 2.45) is 0 Å². The molecule has 0 aliphatic rings. The van der Waals surface area contributed by atoms with E-state index in [2.05, 4.69) is 22.4 Å². The summed E-state index contributed by atoms with van der Waals surface area (Å²) < 4.78 is 39.8. The Kier molecular flexibility index (Phi) is 6.11. The maximum absolute atomic E-state index is 12.8. The van der Waals surface area contributed by atoms with E-state index in [0.717, 1.165) is 6.07 Å². The number of hydrogen-bond donors (Lipinski definition) is 3. The van der Waals surface area contributed by atoms with E-state index in [9.17, 15) is 32.9 Å². The molecule has 0 saturated carbocycles. The number of hydrazine groups is 1. The highest BCUT2D eigenvalue weighted by molar-refractivity contribution is 7.71. The number of nitrogens with one attached hydrogen (secondary N) is 3. The van der Waals surface area contributed by atoms with Crippen LogP contribution >= 0.6 is 12.2 Å². The van der Waals surface area contributed by atoms with Gasteiger partial charge in [-0.2, -0.15) is 13.2 Å². The van der Waals surface area contributed by atoms with Gasteiger partial charge in [-0.1, -0.05) is 6.08 Å². The average Bonchev–Trinajstić information content (AvgIpc) is 2.73. The largest absolute Gasteiger partial charge is 0.416 e. The number of fused-ring (bicyclic) bond motifs is 1. The van der Waals surface area contributed by atoms with Crippen LogP contribution in [-0.2, 0) is 12.7 Å². The van der Waals surface area contributed by atoms with Crippen molar-refractivity contribution in [3.8, 4) is 0 Å². The lowest BCUT2D eigenvalue weighted by atomic mass is 10.1. The zero-order valence-corrected chi connectivity index (χ0v) is 16.8. The Morgan fingerprint density at radius 3 is 2.62 bits per heavy atom. The number of carbonyl (C=O) groups is 1. The summed E-state index contributed by atoms with van der Waals surface area (Å²) in [5.74, 6) is -0.754. The maximum Gasteiger partial charge on any atom is 0.416 e. The Hall–Kier alpha value is -4.00. The van der Waals surface area contributed by atoms with Gasteiger partial charge in [0.05, 0.1) is 21.4 Å². The molecular weight excluding hydrogens is 451 g/mol. The van der Waals surface area contributed by atoms with Crippen molar-refractivity contribution in [2.45, 2.75) is 12.7 Å². The second kappa shape index (κ2) is 8.63. The van der Waals surface area contributed by atoms with Gasteiger partial charge in [0.1, 0.15) is 5.69 Å². The lowest BCUT2D eigenvalue weighted by molar-refractivity contribution is -0.384. The molecule has 0 aliphatic carbocycles. The minimum absolute atomic E-state index is 0.0612. The summed E-state index contributed by atoms with van der Waals surface area (Å²) in [5, 5.41) is 11.4. The lowest BCUT2D eigenvalue weighted by Crippen LogP contribution is -2.30. The van der Waals surface area contributed by atoms with Crippen molar-refractivity contribution >= 4 is 40.4 Å². The Balaban J connectivity index is 1.87. The van der Waals surface area contributed by atoms with Crippen LogP contribution in [0.15, 0.2) is 53.8 Å². The molecule has 0 unspecified atom stereocenters. The van der Waals surface area contributed by atoms with Crippen LogP contribution in [0.1, 0.15) is 15.9 Å². The molecule has 2 aromatic carbocycles. The Morgan fingerprint density at radius 2 is 2.00 bits per heavy atom. The number of alkyl halides is 3. The summed E-state index contributed by atoms with van der Waals surface area (Å²) in [5.41, 5.74) is 1.99. The summed E-state index contributed by atoms with van der Waals surface area (Å²) in [6.07, 6.45) is -3.26. The first-order chi connectivity index (χ1) is 15.0. The minimum atomic E-state index is -4.76. The predicted molar refractivity (Wildman–Crippen MR) is 113 cm³/mol. The van der Waals surface area contributed by atoms with Crippen LogP contribution in [0, 0.1) is 14.9 Å². The standard InChI is InChI=1S/C19H14F3N5O4S/c1-2-7-26-17(29)12-5-3-10(8-14(12)23-18(26)32)16(28)25-24-13-6-4-11(19(20,21)22)9-15(13)27(30)31/h2-6,8-9,24H,1,7H2,(H,23,32)(H,25,28). The fraction of sp³-hybridized carbons (Fsp3) is 0.105. The molecule has 0 fully saturated rings. The number of anilines is 1. The van der Waals surface area contributed by atoms with E-state index in [1.54, 1.807) is 0 Å². The molecule has 9 nitrogen and oxygen atoms in total.